The zero-order valence-electron chi connectivity index (χ0n) is 20.5. The number of anilines is 1. The van der Waals surface area contributed by atoms with Gasteiger partial charge in [0.25, 0.3) is 11.5 Å². The van der Waals surface area contributed by atoms with Crippen molar-refractivity contribution in [3.8, 4) is 0 Å². The summed E-state index contributed by atoms with van der Waals surface area (Å²) in [5.41, 5.74) is 5.08. The second kappa shape index (κ2) is 10.6. The third kappa shape index (κ3) is 4.95. The SMILES string of the molecule is CNN(C)CCn1c(=O)c(C(=O)OC)c(N2CCN(C(=O)c3cccs3)CC2)c2cc(C)ccc21. The number of nitrogens with zero attached hydrogens (tertiary/aromatic N) is 4. The fourth-order valence-electron chi connectivity index (χ4n) is 4.44. The fraction of sp³-hybridized carbons (Fsp3) is 0.400. The van der Waals surface area contributed by atoms with Crippen molar-refractivity contribution in [3.05, 3.63) is 62.1 Å². The number of benzene rings is 1. The van der Waals surface area contributed by atoms with Gasteiger partial charge in [0, 0.05) is 51.7 Å². The van der Waals surface area contributed by atoms with Crippen molar-refractivity contribution in [3.63, 3.8) is 0 Å². The number of nitrogens with one attached hydrogen (secondary N) is 1. The molecule has 1 amide bonds. The number of carbonyl (C=O) groups is 2. The van der Waals surface area contributed by atoms with Crippen LogP contribution in [-0.4, -0.2) is 80.3 Å². The van der Waals surface area contributed by atoms with Gasteiger partial charge >= 0.3 is 5.97 Å². The summed E-state index contributed by atoms with van der Waals surface area (Å²) in [6.07, 6.45) is 0. The Bertz CT molecular complexity index is 1280. The van der Waals surface area contributed by atoms with Crippen LogP contribution in [0.3, 0.4) is 0 Å². The lowest BCUT2D eigenvalue weighted by atomic mass is 10.0. The number of hydrazine groups is 1. The smallest absolute Gasteiger partial charge is 0.345 e. The van der Waals surface area contributed by atoms with Crippen molar-refractivity contribution in [1.29, 1.82) is 0 Å². The number of esters is 1. The molecule has 35 heavy (non-hydrogen) atoms. The van der Waals surface area contributed by atoms with Crippen LogP contribution >= 0.6 is 11.3 Å². The number of thiophene rings is 1. The van der Waals surface area contributed by atoms with E-state index in [9.17, 15) is 14.4 Å². The van der Waals surface area contributed by atoms with Crippen LogP contribution < -0.4 is 15.9 Å². The molecule has 0 bridgehead atoms. The maximum absolute atomic E-state index is 13.7. The molecular weight excluding hydrogens is 466 g/mol. The average Bonchev–Trinajstić information content (AvgIpc) is 3.42. The van der Waals surface area contributed by atoms with E-state index in [1.54, 1.807) is 4.57 Å². The van der Waals surface area contributed by atoms with Gasteiger partial charge in [-0.25, -0.2) is 9.80 Å². The molecule has 1 saturated heterocycles. The molecule has 1 fully saturated rings. The summed E-state index contributed by atoms with van der Waals surface area (Å²) in [6.45, 7) is 4.99. The van der Waals surface area contributed by atoms with Crippen LogP contribution in [0.15, 0.2) is 40.5 Å². The summed E-state index contributed by atoms with van der Waals surface area (Å²) in [5, 5.41) is 4.60. The summed E-state index contributed by atoms with van der Waals surface area (Å²) in [7, 11) is 5.00. The summed E-state index contributed by atoms with van der Waals surface area (Å²) in [6, 6.07) is 9.62. The number of amides is 1. The number of aromatic nitrogens is 1. The molecular formula is C25H31N5O4S. The molecule has 1 aliphatic rings. The lowest BCUT2D eigenvalue weighted by Gasteiger charge is -2.37. The van der Waals surface area contributed by atoms with E-state index in [1.807, 2.05) is 71.5 Å². The molecule has 0 radical (unpaired) electrons. The van der Waals surface area contributed by atoms with E-state index >= 15 is 0 Å². The Labute approximate surface area is 208 Å². The van der Waals surface area contributed by atoms with Gasteiger partial charge in [-0.1, -0.05) is 17.7 Å². The minimum absolute atomic E-state index is 0.0117. The van der Waals surface area contributed by atoms with Crippen molar-refractivity contribution in [1.82, 2.24) is 19.9 Å². The molecule has 0 unspecified atom stereocenters. The molecule has 9 nitrogen and oxygen atoms in total. The Kier molecular flexibility index (Phi) is 7.54. The zero-order chi connectivity index (χ0) is 25.1. The number of pyridine rings is 1. The van der Waals surface area contributed by atoms with Crippen LogP contribution in [-0.2, 0) is 11.3 Å². The van der Waals surface area contributed by atoms with Gasteiger partial charge in [0.2, 0.25) is 0 Å². The molecule has 2 aromatic heterocycles. The van der Waals surface area contributed by atoms with E-state index in [0.717, 1.165) is 16.5 Å². The molecule has 10 heteroatoms. The van der Waals surface area contributed by atoms with E-state index in [2.05, 4.69) is 5.43 Å². The second-order valence-corrected chi connectivity index (χ2v) is 9.54. The first-order chi connectivity index (χ1) is 16.8. The first-order valence-corrected chi connectivity index (χ1v) is 12.5. The van der Waals surface area contributed by atoms with Gasteiger partial charge in [-0.15, -0.1) is 11.3 Å². The zero-order valence-corrected chi connectivity index (χ0v) is 21.4. The average molecular weight is 498 g/mol. The summed E-state index contributed by atoms with van der Waals surface area (Å²) >= 11 is 1.43. The Balaban J connectivity index is 1.77. The number of rotatable bonds is 7. The highest BCUT2D eigenvalue weighted by atomic mass is 32.1. The molecule has 0 saturated carbocycles. The minimum atomic E-state index is -0.652. The summed E-state index contributed by atoms with van der Waals surface area (Å²) in [4.78, 5) is 44.0. The number of carbonyl (C=O) groups excluding carboxylic acids is 2. The van der Waals surface area contributed by atoms with E-state index in [-0.39, 0.29) is 17.0 Å². The maximum atomic E-state index is 13.7. The number of hydrogen-bond donors (Lipinski definition) is 1. The molecule has 1 aliphatic heterocycles. The van der Waals surface area contributed by atoms with Gasteiger partial charge < -0.3 is 19.1 Å². The van der Waals surface area contributed by atoms with Crippen LogP contribution in [0.1, 0.15) is 25.6 Å². The highest BCUT2D eigenvalue weighted by Crippen LogP contribution is 2.31. The van der Waals surface area contributed by atoms with Gasteiger partial charge in [0.05, 0.1) is 23.2 Å². The number of fused-ring (bicyclic) bond motifs is 1. The van der Waals surface area contributed by atoms with Crippen LogP contribution in [0.5, 0.6) is 0 Å². The minimum Gasteiger partial charge on any atom is -0.465 e. The lowest BCUT2D eigenvalue weighted by molar-refractivity contribution is 0.0597. The van der Waals surface area contributed by atoms with Gasteiger partial charge in [-0.3, -0.25) is 15.0 Å². The van der Waals surface area contributed by atoms with Crippen molar-refractivity contribution in [2.45, 2.75) is 13.5 Å². The molecule has 3 heterocycles. The largest absolute Gasteiger partial charge is 0.465 e. The quantitative estimate of drug-likeness (QED) is 0.396. The Morgan fingerprint density at radius 2 is 1.91 bits per heavy atom. The lowest BCUT2D eigenvalue weighted by Crippen LogP contribution is -2.49. The number of piperazine rings is 1. The third-order valence-electron chi connectivity index (χ3n) is 6.44. The Morgan fingerprint density at radius 3 is 2.54 bits per heavy atom. The monoisotopic (exact) mass is 497 g/mol. The van der Waals surface area contributed by atoms with Crippen molar-refractivity contribution < 1.29 is 14.3 Å². The number of hydrogen-bond acceptors (Lipinski definition) is 8. The van der Waals surface area contributed by atoms with E-state index in [4.69, 9.17) is 4.74 Å². The van der Waals surface area contributed by atoms with Crippen LogP contribution in [0, 0.1) is 6.92 Å². The normalized spacial score (nSPS) is 14.1. The van der Waals surface area contributed by atoms with Crippen molar-refractivity contribution >= 4 is 39.8 Å². The van der Waals surface area contributed by atoms with Crippen molar-refractivity contribution in [2.75, 3.05) is 58.8 Å². The van der Waals surface area contributed by atoms with Gasteiger partial charge in [-0.2, -0.15) is 0 Å². The first kappa shape index (κ1) is 24.9. The number of ether oxygens (including phenoxy) is 1. The Morgan fingerprint density at radius 1 is 1.17 bits per heavy atom. The second-order valence-electron chi connectivity index (χ2n) is 8.59. The Hall–Kier alpha value is -3.21. The molecule has 186 valence electrons. The van der Waals surface area contributed by atoms with Gasteiger partial charge in [0.1, 0.15) is 5.56 Å². The van der Waals surface area contributed by atoms with E-state index in [0.29, 0.717) is 49.8 Å². The standard InChI is InChI=1S/C25H31N5O4S/c1-17-7-8-19-18(16-17)22(21(25(33)34-4)24(32)30(19)14-9-27(3)26-2)28-10-12-29(13-11-28)23(31)20-6-5-15-35-20/h5-8,15-16,26H,9-14H2,1-4H3. The molecule has 0 atom stereocenters. The summed E-state index contributed by atoms with van der Waals surface area (Å²) < 4.78 is 6.72. The number of likely N-dealkylation sites (N-methyl/N-ethyl adjacent to an activating group) is 1. The first-order valence-electron chi connectivity index (χ1n) is 11.6. The highest BCUT2D eigenvalue weighted by molar-refractivity contribution is 7.12. The highest BCUT2D eigenvalue weighted by Gasteiger charge is 2.30. The molecule has 0 spiro atoms. The van der Waals surface area contributed by atoms with Gasteiger partial charge in [-0.05, 0) is 37.6 Å². The van der Waals surface area contributed by atoms with E-state index < -0.39 is 5.97 Å². The van der Waals surface area contributed by atoms with Crippen LogP contribution in [0.2, 0.25) is 0 Å². The predicted octanol–water partition coefficient (Wildman–Crippen LogP) is 2.19. The number of aryl methyl sites for hydroxylation is 1. The third-order valence-corrected chi connectivity index (χ3v) is 7.30. The van der Waals surface area contributed by atoms with Crippen LogP contribution in [0.25, 0.3) is 10.9 Å². The maximum Gasteiger partial charge on any atom is 0.345 e. The molecule has 1 aromatic carbocycles. The predicted molar refractivity (Wildman–Crippen MR) is 138 cm³/mol. The molecule has 4 rings (SSSR count). The fourth-order valence-corrected chi connectivity index (χ4v) is 5.13. The topological polar surface area (TPSA) is 87.1 Å². The van der Waals surface area contributed by atoms with E-state index in [1.165, 1.54) is 18.4 Å². The molecule has 1 N–H and O–H groups in total. The molecule has 0 aliphatic carbocycles. The molecule has 3 aromatic rings. The number of methoxy groups -OCH3 is 1. The van der Waals surface area contributed by atoms with Crippen LogP contribution in [0.4, 0.5) is 5.69 Å². The van der Waals surface area contributed by atoms with Crippen molar-refractivity contribution in [2.24, 2.45) is 0 Å². The summed E-state index contributed by atoms with van der Waals surface area (Å²) in [5.74, 6) is -0.640. The van der Waals surface area contributed by atoms with Gasteiger partial charge in [0.15, 0.2) is 0 Å².